The Balaban J connectivity index is 1.54. The van der Waals surface area contributed by atoms with Crippen molar-refractivity contribution in [3.63, 3.8) is 0 Å². The Labute approximate surface area is 333 Å². The number of aliphatic hydroxyl groups excluding tert-OH is 5. The van der Waals surface area contributed by atoms with Gasteiger partial charge in [0, 0.05) is 19.5 Å². The number of aliphatic hydroxyl groups is 5. The monoisotopic (exact) mass is 801 g/mol. The summed E-state index contributed by atoms with van der Waals surface area (Å²) in [5.74, 6) is -0.752. The van der Waals surface area contributed by atoms with E-state index in [1.54, 1.807) is 6.92 Å². The molecule has 1 heterocycles. The largest absolute Gasteiger partial charge is 0.394 e. The van der Waals surface area contributed by atoms with Gasteiger partial charge in [0.2, 0.25) is 6.41 Å². The molecule has 0 radical (unpaired) electrons. The number of unbranched alkanes of at least 4 members (excludes halogenated alkanes) is 4. The molecule has 56 heavy (non-hydrogen) atoms. The highest BCUT2D eigenvalue weighted by atomic mass is 35.5. The molecule has 1 aromatic heterocycles. The molecule has 0 spiro atoms. The number of amides is 2. The number of benzene rings is 2. The second-order valence-corrected chi connectivity index (χ2v) is 14.3. The van der Waals surface area contributed by atoms with E-state index < -0.39 is 36.9 Å². The molecule has 0 aliphatic heterocycles. The molecule has 0 saturated carbocycles. The third kappa shape index (κ3) is 14.8. The predicted molar refractivity (Wildman–Crippen MR) is 218 cm³/mol. The highest BCUT2D eigenvalue weighted by Gasteiger charge is 2.31. The van der Waals surface area contributed by atoms with Crippen molar-refractivity contribution < 1.29 is 35.1 Å². The fourth-order valence-corrected chi connectivity index (χ4v) is 6.53. The van der Waals surface area contributed by atoms with E-state index in [-0.39, 0.29) is 35.3 Å². The summed E-state index contributed by atoms with van der Waals surface area (Å²) in [6.45, 7) is 5.36. The van der Waals surface area contributed by atoms with Gasteiger partial charge in [-0.3, -0.25) is 25.2 Å². The summed E-state index contributed by atoms with van der Waals surface area (Å²) >= 11 is 5.98. The third-order valence-corrected chi connectivity index (χ3v) is 9.93. The van der Waals surface area contributed by atoms with Gasteiger partial charge in [0.25, 0.3) is 5.91 Å². The number of aryl methyl sites for hydroxylation is 2. The van der Waals surface area contributed by atoms with Gasteiger partial charge in [0.05, 0.1) is 24.6 Å². The van der Waals surface area contributed by atoms with Crippen LogP contribution in [0.2, 0.25) is 5.15 Å². The lowest BCUT2D eigenvalue weighted by atomic mass is 9.94. The van der Waals surface area contributed by atoms with Crippen molar-refractivity contribution in [2.24, 2.45) is 10.7 Å². The molecule has 0 fully saturated rings. The average molecular weight is 802 g/mol. The van der Waals surface area contributed by atoms with Crippen molar-refractivity contribution in [2.45, 2.75) is 102 Å². The highest BCUT2D eigenvalue weighted by molar-refractivity contribution is 6.30. The molecular formula is C39H60ClN9O7. The molecular weight excluding hydrogens is 742 g/mol. The minimum atomic E-state index is -1.67. The molecule has 3 rings (SSSR count). The Kier molecular flexibility index (Phi) is 20.4. The van der Waals surface area contributed by atoms with Crippen LogP contribution >= 0.6 is 11.6 Å². The molecule has 3 aromatic rings. The van der Waals surface area contributed by atoms with Crippen LogP contribution in [0.25, 0.3) is 10.8 Å². The van der Waals surface area contributed by atoms with E-state index in [9.17, 15) is 30.0 Å². The Hall–Kier alpha value is -4.00. The summed E-state index contributed by atoms with van der Waals surface area (Å²) in [6, 6.07) is 12.4. The van der Waals surface area contributed by atoms with Crippen LogP contribution in [-0.2, 0) is 17.6 Å². The molecule has 0 bridgehead atoms. The Morgan fingerprint density at radius 3 is 2.32 bits per heavy atom. The number of guanidine groups is 1. The van der Waals surface area contributed by atoms with Crippen molar-refractivity contribution in [3.8, 4) is 0 Å². The fourth-order valence-electron chi connectivity index (χ4n) is 6.41. The van der Waals surface area contributed by atoms with Gasteiger partial charge in [0.1, 0.15) is 18.3 Å². The van der Waals surface area contributed by atoms with Crippen LogP contribution in [0.5, 0.6) is 0 Å². The normalized spacial score (nSPS) is 14.7. The topological polar surface area (TPSA) is 265 Å². The number of hydrogen-bond donors (Lipinski definition) is 10. The molecule has 0 saturated heterocycles. The zero-order valence-electron chi connectivity index (χ0n) is 32.4. The molecule has 17 heteroatoms. The fraction of sp³-hybridized carbons (Fsp3) is 0.564. The summed E-state index contributed by atoms with van der Waals surface area (Å²) in [7, 11) is 0. The molecule has 12 N–H and O–H groups in total. The quantitative estimate of drug-likeness (QED) is 0.0180. The molecule has 5 atom stereocenters. The lowest BCUT2D eigenvalue weighted by Gasteiger charge is -2.30. The number of rotatable bonds is 26. The first-order valence-electron chi connectivity index (χ1n) is 19.3. The lowest BCUT2D eigenvalue weighted by molar-refractivity contribution is -0.119. The number of carbonyl (C=O) groups is 2. The summed E-state index contributed by atoms with van der Waals surface area (Å²) in [4.78, 5) is 38.4. The number of nitrogen functional groups attached to an aromatic ring is 1. The molecule has 0 aliphatic carbocycles. The number of halogens is 1. The summed E-state index contributed by atoms with van der Waals surface area (Å²) in [6.07, 6.45) is 1.86. The van der Waals surface area contributed by atoms with Crippen LogP contribution in [0, 0.1) is 6.92 Å². The number of nitrogens with one attached hydrogen (secondary N) is 3. The number of hydrogen-bond acceptors (Lipinski definition) is 13. The van der Waals surface area contributed by atoms with Gasteiger partial charge in [-0.1, -0.05) is 74.2 Å². The second-order valence-electron chi connectivity index (χ2n) is 13.9. The minimum absolute atomic E-state index is 0.0529. The Morgan fingerprint density at radius 1 is 0.946 bits per heavy atom. The standard InChI is InChI=1S/C39H60ClN9O7/c1-3-4-5-10-19-49(22-30(52)34(54)35(55)31(53)23-50)20-11-18-43-32(45-24-51)21-27-16-15-26(28-13-6-7-14-29(27)28)12-8-9-17-44-39(42)48-38(56)33-37(41)46-25(2)36(40)47-33/h6-7,13-16,24,30-32,34-35,43,50,52-55H,3-5,8-12,17-23H2,1-2H3,(H2,41,46)(H,45,51)(H3,42,44,48,56)/t30-,31+,32+,34+,35+/m0/s1. The molecule has 2 amide bonds. The predicted octanol–water partition coefficient (Wildman–Crippen LogP) is 1.15. The van der Waals surface area contributed by atoms with Crippen LogP contribution < -0.4 is 27.4 Å². The van der Waals surface area contributed by atoms with Gasteiger partial charge >= 0.3 is 0 Å². The summed E-state index contributed by atoms with van der Waals surface area (Å²) in [5, 5.41) is 61.0. The van der Waals surface area contributed by atoms with E-state index in [1.165, 1.54) is 5.56 Å². The van der Waals surface area contributed by atoms with Crippen molar-refractivity contribution in [1.29, 1.82) is 0 Å². The van der Waals surface area contributed by atoms with E-state index >= 15 is 0 Å². The number of anilines is 1. The van der Waals surface area contributed by atoms with Crippen molar-refractivity contribution >= 4 is 46.5 Å². The Morgan fingerprint density at radius 2 is 1.62 bits per heavy atom. The van der Waals surface area contributed by atoms with Crippen molar-refractivity contribution in [1.82, 2.24) is 30.8 Å². The zero-order chi connectivity index (χ0) is 41.0. The molecule has 2 aromatic carbocycles. The minimum Gasteiger partial charge on any atom is -0.394 e. The Bertz CT molecular complexity index is 1700. The van der Waals surface area contributed by atoms with Crippen LogP contribution in [0.3, 0.4) is 0 Å². The van der Waals surface area contributed by atoms with E-state index in [2.05, 4.69) is 62.1 Å². The van der Waals surface area contributed by atoms with Crippen LogP contribution in [0.1, 0.15) is 79.2 Å². The summed E-state index contributed by atoms with van der Waals surface area (Å²) in [5.41, 5.74) is 14.3. The number of fused-ring (bicyclic) bond motifs is 1. The molecule has 0 aliphatic rings. The first-order valence-corrected chi connectivity index (χ1v) is 19.7. The molecule has 310 valence electrons. The maximum Gasteiger partial charge on any atom is 0.280 e. The maximum atomic E-state index is 12.5. The SMILES string of the molecule is CCCCCCN(CCCN[C@@H](Cc1ccc(CCCCN=C(N)NC(=O)c2nc(Cl)c(C)nc2N)c2ccccc12)NC=O)C[C@H](O)[C@@H](O)[C@H](O)[C@H](O)CO. The lowest BCUT2D eigenvalue weighted by Crippen LogP contribution is -2.50. The average Bonchev–Trinajstić information content (AvgIpc) is 3.18. The van der Waals surface area contributed by atoms with E-state index in [0.29, 0.717) is 51.1 Å². The van der Waals surface area contributed by atoms with E-state index in [0.717, 1.165) is 61.3 Å². The number of nitrogens with two attached hydrogens (primary N) is 2. The first-order chi connectivity index (χ1) is 26.9. The maximum absolute atomic E-state index is 12.5. The van der Waals surface area contributed by atoms with Gasteiger partial charge in [0.15, 0.2) is 22.6 Å². The second kappa shape index (κ2) is 24.6. The van der Waals surface area contributed by atoms with Crippen molar-refractivity contribution in [3.05, 3.63) is 64.1 Å². The zero-order valence-corrected chi connectivity index (χ0v) is 33.2. The number of aliphatic imine (C=N–C) groups is 1. The van der Waals surface area contributed by atoms with Gasteiger partial charge in [-0.05, 0) is 80.6 Å². The molecule has 16 nitrogen and oxygen atoms in total. The van der Waals surface area contributed by atoms with Gasteiger partial charge in [-0.15, -0.1) is 0 Å². The van der Waals surface area contributed by atoms with Crippen molar-refractivity contribution in [2.75, 3.05) is 45.1 Å². The molecule has 0 unspecified atom stereocenters. The number of carbonyl (C=O) groups excluding carboxylic acids is 2. The van der Waals surface area contributed by atoms with Gasteiger partial charge < -0.3 is 47.2 Å². The highest BCUT2D eigenvalue weighted by Crippen LogP contribution is 2.25. The van der Waals surface area contributed by atoms with Crippen LogP contribution in [-0.4, -0.2) is 129 Å². The summed E-state index contributed by atoms with van der Waals surface area (Å²) < 4.78 is 0. The van der Waals surface area contributed by atoms with E-state index in [1.807, 2.05) is 17.0 Å². The number of aromatic nitrogens is 2. The smallest absolute Gasteiger partial charge is 0.280 e. The van der Waals surface area contributed by atoms with Gasteiger partial charge in [-0.25, -0.2) is 9.97 Å². The van der Waals surface area contributed by atoms with Gasteiger partial charge in [-0.2, -0.15) is 0 Å². The van der Waals surface area contributed by atoms with E-state index in [4.69, 9.17) is 28.2 Å². The van der Waals surface area contributed by atoms with Crippen LogP contribution in [0.15, 0.2) is 41.4 Å². The third-order valence-electron chi connectivity index (χ3n) is 9.57. The first kappa shape index (κ1) is 46.4. The number of nitrogens with zero attached hydrogens (tertiary/aromatic N) is 4. The van der Waals surface area contributed by atoms with Crippen LogP contribution in [0.4, 0.5) is 5.82 Å².